The summed E-state index contributed by atoms with van der Waals surface area (Å²) in [4.78, 5) is 9.25. The minimum absolute atomic E-state index is 0.307. The van der Waals surface area contributed by atoms with Gasteiger partial charge in [0.1, 0.15) is 0 Å². The molecule has 5 heteroatoms. The number of aliphatic carboxylic acids is 1. The molecule has 5 nitrogen and oxygen atoms in total. The van der Waals surface area contributed by atoms with Crippen LogP contribution in [-0.4, -0.2) is 40.8 Å². The summed E-state index contributed by atoms with van der Waals surface area (Å²) in [5, 5.41) is 25.1. The minimum atomic E-state index is -0.993. The van der Waals surface area contributed by atoms with Gasteiger partial charge in [0.05, 0.1) is 6.61 Å². The number of carboxylic acids is 1. The van der Waals surface area contributed by atoms with Crippen LogP contribution < -0.4 is 0 Å². The number of rotatable bonds is 17. The van der Waals surface area contributed by atoms with Crippen molar-refractivity contribution in [2.45, 2.75) is 96.7 Å². The van der Waals surface area contributed by atoms with Gasteiger partial charge in [-0.1, -0.05) is 90.6 Å². The molecule has 3 N–H and O–H groups in total. The molecule has 0 aliphatic heterocycles. The normalized spacial score (nSPS) is 11.5. The van der Waals surface area contributed by atoms with E-state index in [2.05, 4.69) is 13.5 Å². The summed E-state index contributed by atoms with van der Waals surface area (Å²) in [6.45, 7) is 5.47. The standard InChI is InChI=1S/C17H36O3.C3H4O2/c1-2-3-4-5-6-7-8-9-10-11-12-13-14-15-20-17(19)16-18;1-2-3(4)5/h17-19H,2-16H2,1H3;2H,1H2,(H,4,5). The lowest BCUT2D eigenvalue weighted by molar-refractivity contribution is -0.131. The summed E-state index contributed by atoms with van der Waals surface area (Å²) in [5.41, 5.74) is 0. The lowest BCUT2D eigenvalue weighted by Crippen LogP contribution is -2.16. The molecule has 0 aromatic carbocycles. The van der Waals surface area contributed by atoms with Crippen molar-refractivity contribution in [3.8, 4) is 0 Å². The van der Waals surface area contributed by atoms with Crippen molar-refractivity contribution in [2.75, 3.05) is 13.2 Å². The van der Waals surface area contributed by atoms with Crippen LogP contribution in [0.3, 0.4) is 0 Å². The second-order valence-corrected chi connectivity index (χ2v) is 6.29. The first-order valence-electron chi connectivity index (χ1n) is 9.84. The molecule has 1 atom stereocenters. The van der Waals surface area contributed by atoms with Gasteiger partial charge in [-0.2, -0.15) is 0 Å². The smallest absolute Gasteiger partial charge is 0.327 e. The molecule has 25 heavy (non-hydrogen) atoms. The van der Waals surface area contributed by atoms with Crippen molar-refractivity contribution < 1.29 is 24.9 Å². The highest BCUT2D eigenvalue weighted by Gasteiger charge is 1.99. The maximum Gasteiger partial charge on any atom is 0.327 e. The Kier molecular flexibility index (Phi) is 24.3. The molecule has 0 heterocycles. The number of unbranched alkanes of at least 4 members (excludes halogenated alkanes) is 12. The third-order valence-electron chi connectivity index (χ3n) is 3.89. The average Bonchev–Trinajstić information content (AvgIpc) is 2.62. The van der Waals surface area contributed by atoms with Gasteiger partial charge >= 0.3 is 5.97 Å². The number of carbonyl (C=O) groups is 1. The Balaban J connectivity index is 0. The number of aliphatic hydroxyl groups is 2. The Bertz CT molecular complexity index is 281. The molecule has 0 rings (SSSR count). The van der Waals surface area contributed by atoms with Crippen LogP contribution in [-0.2, 0) is 9.53 Å². The first kappa shape index (κ1) is 26.3. The fraction of sp³-hybridized carbons (Fsp3) is 0.850. The van der Waals surface area contributed by atoms with E-state index >= 15 is 0 Å². The molecule has 0 aliphatic rings. The second kappa shape index (κ2) is 23.1. The molecule has 1 unspecified atom stereocenters. The molecule has 0 fully saturated rings. The fourth-order valence-electron chi connectivity index (χ4n) is 2.39. The molecule has 0 aromatic rings. The first-order valence-corrected chi connectivity index (χ1v) is 9.84. The summed E-state index contributed by atoms with van der Waals surface area (Å²) in [7, 11) is 0. The summed E-state index contributed by atoms with van der Waals surface area (Å²) in [6.07, 6.45) is 17.1. The lowest BCUT2D eigenvalue weighted by Gasteiger charge is -2.08. The first-order chi connectivity index (χ1) is 12.1. The van der Waals surface area contributed by atoms with E-state index in [1.54, 1.807) is 0 Å². The van der Waals surface area contributed by atoms with Crippen molar-refractivity contribution in [1.82, 2.24) is 0 Å². The predicted octanol–water partition coefficient (Wildman–Crippen LogP) is 4.66. The van der Waals surface area contributed by atoms with Gasteiger partial charge in [-0.15, -0.1) is 0 Å². The van der Waals surface area contributed by atoms with Crippen LogP contribution in [0, 0.1) is 0 Å². The zero-order valence-corrected chi connectivity index (χ0v) is 16.1. The Labute approximate surface area is 154 Å². The van der Waals surface area contributed by atoms with E-state index in [1.807, 2.05) is 0 Å². The molecule has 0 aliphatic carbocycles. The Morgan fingerprint density at radius 2 is 1.28 bits per heavy atom. The minimum Gasteiger partial charge on any atom is -0.478 e. The summed E-state index contributed by atoms with van der Waals surface area (Å²) in [5.74, 6) is -0.981. The van der Waals surface area contributed by atoms with Gasteiger partial charge in [0.2, 0.25) is 0 Å². The second-order valence-electron chi connectivity index (χ2n) is 6.29. The van der Waals surface area contributed by atoms with E-state index in [-0.39, 0.29) is 6.61 Å². The summed E-state index contributed by atoms with van der Waals surface area (Å²) >= 11 is 0. The largest absolute Gasteiger partial charge is 0.478 e. The Hall–Kier alpha value is -0.910. The van der Waals surface area contributed by atoms with Crippen molar-refractivity contribution >= 4 is 5.97 Å². The van der Waals surface area contributed by atoms with Gasteiger partial charge < -0.3 is 20.1 Å². The van der Waals surface area contributed by atoms with Gasteiger partial charge in [0.25, 0.3) is 0 Å². The quantitative estimate of drug-likeness (QED) is 0.199. The predicted molar refractivity (Wildman–Crippen MR) is 103 cm³/mol. The maximum atomic E-state index is 9.25. The number of carboxylic acid groups (broad SMARTS) is 1. The van der Waals surface area contributed by atoms with Crippen LogP contribution in [0.5, 0.6) is 0 Å². The molecule has 0 saturated heterocycles. The van der Waals surface area contributed by atoms with Gasteiger partial charge in [-0.3, -0.25) is 0 Å². The van der Waals surface area contributed by atoms with Gasteiger partial charge in [0, 0.05) is 12.7 Å². The van der Waals surface area contributed by atoms with Crippen LogP contribution in [0.4, 0.5) is 0 Å². The van der Waals surface area contributed by atoms with Crippen molar-refractivity contribution in [1.29, 1.82) is 0 Å². The Morgan fingerprint density at radius 3 is 1.60 bits per heavy atom. The van der Waals surface area contributed by atoms with Gasteiger partial charge in [-0.25, -0.2) is 4.79 Å². The Morgan fingerprint density at radius 1 is 0.920 bits per heavy atom. The monoisotopic (exact) mass is 360 g/mol. The van der Waals surface area contributed by atoms with E-state index < -0.39 is 12.3 Å². The van der Waals surface area contributed by atoms with Gasteiger partial charge in [-0.05, 0) is 6.42 Å². The van der Waals surface area contributed by atoms with Crippen LogP contribution in [0.15, 0.2) is 12.7 Å². The lowest BCUT2D eigenvalue weighted by atomic mass is 10.0. The van der Waals surface area contributed by atoms with E-state index in [1.165, 1.54) is 70.6 Å². The van der Waals surface area contributed by atoms with Crippen molar-refractivity contribution in [3.63, 3.8) is 0 Å². The van der Waals surface area contributed by atoms with Crippen molar-refractivity contribution in [2.24, 2.45) is 0 Å². The highest BCUT2D eigenvalue weighted by molar-refractivity contribution is 5.78. The zero-order chi connectivity index (χ0) is 19.2. The highest BCUT2D eigenvalue weighted by Crippen LogP contribution is 2.12. The van der Waals surface area contributed by atoms with E-state index in [4.69, 9.17) is 20.1 Å². The highest BCUT2D eigenvalue weighted by atomic mass is 16.6. The van der Waals surface area contributed by atoms with E-state index in [0.29, 0.717) is 6.61 Å². The average molecular weight is 361 g/mol. The molecular weight excluding hydrogens is 320 g/mol. The van der Waals surface area contributed by atoms with E-state index in [9.17, 15) is 4.79 Å². The molecule has 0 aromatic heterocycles. The molecule has 0 spiro atoms. The maximum absolute atomic E-state index is 9.25. The molecule has 0 radical (unpaired) electrons. The molecule has 0 bridgehead atoms. The molecular formula is C20H40O5. The van der Waals surface area contributed by atoms with E-state index in [0.717, 1.165) is 18.9 Å². The van der Waals surface area contributed by atoms with Crippen LogP contribution >= 0.6 is 0 Å². The summed E-state index contributed by atoms with van der Waals surface area (Å²) < 4.78 is 5.00. The van der Waals surface area contributed by atoms with Crippen LogP contribution in [0.2, 0.25) is 0 Å². The topological polar surface area (TPSA) is 87.0 Å². The third-order valence-corrected chi connectivity index (χ3v) is 3.89. The molecule has 150 valence electrons. The van der Waals surface area contributed by atoms with Crippen molar-refractivity contribution in [3.05, 3.63) is 12.7 Å². The SMILES string of the molecule is C=CC(=O)O.CCCCCCCCCCCCCCCOC(O)CO. The van der Waals surface area contributed by atoms with Gasteiger partial charge in [0.15, 0.2) is 6.29 Å². The number of hydrogen-bond acceptors (Lipinski definition) is 4. The van der Waals surface area contributed by atoms with Crippen LogP contribution in [0.25, 0.3) is 0 Å². The fourth-order valence-corrected chi connectivity index (χ4v) is 2.39. The number of ether oxygens (including phenoxy) is 1. The molecule has 0 saturated carbocycles. The third kappa shape index (κ3) is 28.2. The number of aliphatic hydroxyl groups excluding tert-OH is 2. The molecule has 0 amide bonds. The number of hydrogen-bond donors (Lipinski definition) is 3. The zero-order valence-electron chi connectivity index (χ0n) is 16.1. The summed E-state index contributed by atoms with van der Waals surface area (Å²) in [6, 6.07) is 0. The van der Waals surface area contributed by atoms with Crippen LogP contribution in [0.1, 0.15) is 90.4 Å².